The average molecular weight is 399 g/mol. The van der Waals surface area contributed by atoms with E-state index < -0.39 is 5.79 Å². The van der Waals surface area contributed by atoms with Gasteiger partial charge in [-0.3, -0.25) is 0 Å². The van der Waals surface area contributed by atoms with Crippen LogP contribution >= 0.6 is 11.6 Å². The van der Waals surface area contributed by atoms with Crippen molar-refractivity contribution >= 4 is 11.6 Å². The van der Waals surface area contributed by atoms with Crippen molar-refractivity contribution in [3.63, 3.8) is 0 Å². The van der Waals surface area contributed by atoms with E-state index in [-0.39, 0.29) is 6.10 Å². The van der Waals surface area contributed by atoms with E-state index >= 15 is 0 Å². The molecule has 1 aliphatic heterocycles. The van der Waals surface area contributed by atoms with Crippen molar-refractivity contribution in [2.24, 2.45) is 0 Å². The minimum Gasteiger partial charge on any atom is -0.457 e. The van der Waals surface area contributed by atoms with E-state index in [2.05, 4.69) is 16.9 Å². The number of aromatic amines is 1. The Labute approximate surface area is 169 Å². The van der Waals surface area contributed by atoms with Crippen LogP contribution in [0.5, 0.6) is 11.5 Å². The Balaban J connectivity index is 1.64. The van der Waals surface area contributed by atoms with Crippen LogP contribution in [0, 0.1) is 6.92 Å². The molecule has 2 heterocycles. The predicted octanol–water partition coefficient (Wildman–Crippen LogP) is 5.38. The van der Waals surface area contributed by atoms with Crippen LogP contribution in [0.4, 0.5) is 0 Å². The van der Waals surface area contributed by atoms with Crippen LogP contribution in [-0.4, -0.2) is 22.7 Å². The smallest absolute Gasteiger partial charge is 0.202 e. The van der Waals surface area contributed by atoms with Gasteiger partial charge >= 0.3 is 0 Å². The highest BCUT2D eigenvalue weighted by Crippen LogP contribution is 2.42. The van der Waals surface area contributed by atoms with Gasteiger partial charge in [-0.2, -0.15) is 0 Å². The molecular formula is C22H23ClN2O3. The number of ether oxygens (including phenoxy) is 3. The lowest BCUT2D eigenvalue weighted by molar-refractivity contribution is -0.176. The van der Waals surface area contributed by atoms with Gasteiger partial charge in [0.25, 0.3) is 0 Å². The summed E-state index contributed by atoms with van der Waals surface area (Å²) in [5.41, 5.74) is 1.65. The van der Waals surface area contributed by atoms with Gasteiger partial charge in [-0.15, -0.1) is 0 Å². The fraction of sp³-hybridized carbons (Fsp3) is 0.318. The first-order chi connectivity index (χ1) is 13.6. The number of benzene rings is 2. The fourth-order valence-corrected chi connectivity index (χ4v) is 3.70. The van der Waals surface area contributed by atoms with Crippen molar-refractivity contribution in [2.45, 2.75) is 38.6 Å². The van der Waals surface area contributed by atoms with E-state index in [4.69, 9.17) is 25.8 Å². The third kappa shape index (κ3) is 3.92. The highest BCUT2D eigenvalue weighted by molar-refractivity contribution is 6.31. The molecule has 1 aromatic heterocycles. The second-order valence-corrected chi connectivity index (χ2v) is 7.33. The maximum atomic E-state index is 6.66. The number of aromatic nitrogens is 2. The maximum Gasteiger partial charge on any atom is 0.202 e. The number of para-hydroxylation sites is 1. The van der Waals surface area contributed by atoms with E-state index in [9.17, 15) is 0 Å². The summed E-state index contributed by atoms with van der Waals surface area (Å²) in [7, 11) is 0. The fourth-order valence-electron chi connectivity index (χ4n) is 3.38. The number of aryl methyl sites for hydroxylation is 1. The summed E-state index contributed by atoms with van der Waals surface area (Å²) in [6.45, 7) is 4.53. The summed E-state index contributed by atoms with van der Waals surface area (Å²) in [5, 5.41) is 0.539. The second-order valence-electron chi connectivity index (χ2n) is 6.92. The van der Waals surface area contributed by atoms with Crippen LogP contribution in [0.1, 0.15) is 30.4 Å². The highest BCUT2D eigenvalue weighted by Gasteiger charge is 2.44. The molecule has 3 aromatic rings. The van der Waals surface area contributed by atoms with Crippen molar-refractivity contribution in [1.29, 1.82) is 0 Å². The summed E-state index contributed by atoms with van der Waals surface area (Å²) in [6, 6.07) is 15.2. The molecule has 1 saturated heterocycles. The lowest BCUT2D eigenvalue weighted by Crippen LogP contribution is -2.31. The second kappa shape index (κ2) is 7.95. The number of halogens is 1. The van der Waals surface area contributed by atoms with E-state index in [0.717, 1.165) is 29.3 Å². The molecule has 5 nitrogen and oxygen atoms in total. The topological polar surface area (TPSA) is 56.4 Å². The summed E-state index contributed by atoms with van der Waals surface area (Å²) < 4.78 is 18.4. The van der Waals surface area contributed by atoms with Gasteiger partial charge in [0.05, 0.1) is 29.8 Å². The van der Waals surface area contributed by atoms with E-state index in [1.165, 1.54) is 0 Å². The van der Waals surface area contributed by atoms with Gasteiger partial charge < -0.3 is 19.2 Å². The Bertz CT molecular complexity index is 944. The first-order valence-corrected chi connectivity index (χ1v) is 9.81. The molecule has 1 aliphatic rings. The molecule has 4 rings (SSSR count). The van der Waals surface area contributed by atoms with E-state index in [0.29, 0.717) is 23.8 Å². The Morgan fingerprint density at radius 1 is 1.21 bits per heavy atom. The van der Waals surface area contributed by atoms with Crippen LogP contribution in [0.3, 0.4) is 0 Å². The van der Waals surface area contributed by atoms with Crippen molar-refractivity contribution in [3.05, 3.63) is 76.8 Å². The minimum absolute atomic E-state index is 0.0244. The van der Waals surface area contributed by atoms with Gasteiger partial charge in [-0.25, -0.2) is 4.98 Å². The number of hydrogen-bond donors (Lipinski definition) is 1. The minimum atomic E-state index is -0.954. The largest absolute Gasteiger partial charge is 0.457 e. The molecule has 2 unspecified atom stereocenters. The molecule has 28 heavy (non-hydrogen) atoms. The Morgan fingerprint density at radius 2 is 2.04 bits per heavy atom. The van der Waals surface area contributed by atoms with Crippen molar-refractivity contribution < 1.29 is 14.2 Å². The summed E-state index contributed by atoms with van der Waals surface area (Å²) in [4.78, 5) is 7.63. The zero-order valence-electron chi connectivity index (χ0n) is 15.9. The zero-order chi connectivity index (χ0) is 19.6. The Morgan fingerprint density at radius 3 is 2.68 bits per heavy atom. The average Bonchev–Trinajstić information content (AvgIpc) is 3.29. The van der Waals surface area contributed by atoms with Gasteiger partial charge in [0, 0.05) is 11.8 Å². The van der Waals surface area contributed by atoms with Crippen LogP contribution in [0.2, 0.25) is 5.02 Å². The van der Waals surface area contributed by atoms with Crippen LogP contribution in [0.25, 0.3) is 0 Å². The summed E-state index contributed by atoms with van der Waals surface area (Å²) >= 11 is 6.66. The molecule has 0 amide bonds. The highest BCUT2D eigenvalue weighted by atomic mass is 35.5. The SMILES string of the molecule is CCC1COC(Cc2c[nH]c(C)n2)(c2ccc(Oc3ccccc3)cc2Cl)O1. The lowest BCUT2D eigenvalue weighted by atomic mass is 10.0. The zero-order valence-corrected chi connectivity index (χ0v) is 16.7. The quantitative estimate of drug-likeness (QED) is 0.605. The normalized spacial score (nSPS) is 21.8. The molecule has 0 aliphatic carbocycles. The standard InChI is InChI=1S/C22H23ClN2O3/c1-3-17-14-26-22(28-17,12-16-13-24-15(2)25-16)20-10-9-19(11-21(20)23)27-18-7-5-4-6-8-18/h4-11,13,17H,3,12,14H2,1-2H3,(H,24,25). The van der Waals surface area contributed by atoms with E-state index in [1.807, 2.05) is 55.6 Å². The van der Waals surface area contributed by atoms with Gasteiger partial charge in [0.15, 0.2) is 0 Å². The first-order valence-electron chi connectivity index (χ1n) is 9.43. The number of hydrogen-bond acceptors (Lipinski definition) is 4. The number of imidazole rings is 1. The molecule has 0 radical (unpaired) electrons. The Kier molecular flexibility index (Phi) is 5.40. The molecule has 0 spiro atoms. The monoisotopic (exact) mass is 398 g/mol. The molecular weight excluding hydrogens is 376 g/mol. The molecule has 1 fully saturated rings. The predicted molar refractivity (Wildman–Crippen MR) is 108 cm³/mol. The first kappa shape index (κ1) is 19.0. The number of nitrogens with one attached hydrogen (secondary N) is 1. The van der Waals surface area contributed by atoms with E-state index in [1.54, 1.807) is 6.07 Å². The van der Waals surface area contributed by atoms with Gasteiger partial charge in [-0.05, 0) is 43.7 Å². The molecule has 2 aromatic carbocycles. The van der Waals surface area contributed by atoms with Crippen molar-refractivity contribution in [1.82, 2.24) is 9.97 Å². The van der Waals surface area contributed by atoms with Crippen LogP contribution in [-0.2, 0) is 21.7 Å². The lowest BCUT2D eigenvalue weighted by Gasteiger charge is -2.29. The maximum absolute atomic E-state index is 6.66. The number of nitrogens with zero attached hydrogens (tertiary/aromatic N) is 1. The molecule has 0 saturated carbocycles. The van der Waals surface area contributed by atoms with Gasteiger partial charge in [0.1, 0.15) is 17.3 Å². The number of rotatable bonds is 6. The summed E-state index contributed by atoms with van der Waals surface area (Å²) in [6.07, 6.45) is 3.25. The summed E-state index contributed by atoms with van der Waals surface area (Å²) in [5.74, 6) is 1.32. The van der Waals surface area contributed by atoms with Gasteiger partial charge in [0.2, 0.25) is 5.79 Å². The number of H-pyrrole nitrogens is 1. The molecule has 6 heteroatoms. The van der Waals surface area contributed by atoms with Crippen LogP contribution in [0.15, 0.2) is 54.7 Å². The third-order valence-electron chi connectivity index (χ3n) is 4.82. The molecule has 146 valence electrons. The van der Waals surface area contributed by atoms with Gasteiger partial charge in [-0.1, -0.05) is 36.7 Å². The van der Waals surface area contributed by atoms with Crippen molar-refractivity contribution in [3.8, 4) is 11.5 Å². The Hall–Kier alpha value is -2.34. The van der Waals surface area contributed by atoms with Crippen LogP contribution < -0.4 is 4.74 Å². The third-order valence-corrected chi connectivity index (χ3v) is 5.13. The van der Waals surface area contributed by atoms with Crippen molar-refractivity contribution in [2.75, 3.05) is 6.61 Å². The molecule has 2 atom stereocenters. The molecule has 1 N–H and O–H groups in total. The molecule has 0 bridgehead atoms.